The number of nitrogens with one attached hydrogen (secondary N) is 2. The highest BCUT2D eigenvalue weighted by molar-refractivity contribution is 7.98. The molecule has 0 spiro atoms. The number of benzene rings is 1. The van der Waals surface area contributed by atoms with E-state index in [2.05, 4.69) is 68.7 Å². The first-order valence-electron chi connectivity index (χ1n) is 9.99. The van der Waals surface area contributed by atoms with E-state index in [9.17, 15) is 10.1 Å². The van der Waals surface area contributed by atoms with Crippen molar-refractivity contribution in [2.24, 2.45) is 0 Å². The summed E-state index contributed by atoms with van der Waals surface area (Å²) in [5.74, 6) is 1.90. The molecule has 3 rings (SSSR count). The van der Waals surface area contributed by atoms with Crippen molar-refractivity contribution in [2.45, 2.75) is 63.8 Å². The lowest BCUT2D eigenvalue weighted by Gasteiger charge is -2.42. The first-order chi connectivity index (χ1) is 13.7. The van der Waals surface area contributed by atoms with Crippen LogP contribution in [0.4, 0.5) is 5.00 Å². The minimum atomic E-state index is -0.218. The standard InChI is InChI=1S/C23H29N3OS2/c1-22(2)13-17-18(14-24)21(29-20(17)23(3,4)26-22)25-19(27)11-8-12-28-15-16-9-6-5-7-10-16/h5-7,9-10,26H,8,11-13,15H2,1-4H3,(H,25,27). The van der Waals surface area contributed by atoms with Crippen molar-refractivity contribution >= 4 is 34.0 Å². The molecule has 1 aromatic carbocycles. The number of fused-ring (bicyclic) bond motifs is 1. The summed E-state index contributed by atoms with van der Waals surface area (Å²) in [6, 6.07) is 12.7. The van der Waals surface area contributed by atoms with Crippen molar-refractivity contribution in [2.75, 3.05) is 11.1 Å². The normalized spacial score (nSPS) is 16.7. The number of anilines is 1. The average Bonchev–Trinajstić information content (AvgIpc) is 2.98. The lowest BCUT2D eigenvalue weighted by Crippen LogP contribution is -2.54. The van der Waals surface area contributed by atoms with Gasteiger partial charge in [0.1, 0.15) is 11.1 Å². The topological polar surface area (TPSA) is 64.9 Å². The molecule has 2 heterocycles. The van der Waals surface area contributed by atoms with Gasteiger partial charge in [-0.05, 0) is 57.4 Å². The molecule has 4 nitrogen and oxygen atoms in total. The summed E-state index contributed by atoms with van der Waals surface area (Å²) in [6.07, 6.45) is 2.09. The van der Waals surface area contributed by atoms with Gasteiger partial charge in [-0.25, -0.2) is 0 Å². The van der Waals surface area contributed by atoms with Gasteiger partial charge in [-0.2, -0.15) is 17.0 Å². The molecule has 2 N–H and O–H groups in total. The van der Waals surface area contributed by atoms with Gasteiger partial charge in [0.25, 0.3) is 0 Å². The lowest BCUT2D eigenvalue weighted by atomic mass is 9.81. The SMILES string of the molecule is CC1(C)Cc2c(sc(NC(=O)CCCSCc3ccccc3)c2C#N)C(C)(C)N1. The van der Waals surface area contributed by atoms with E-state index >= 15 is 0 Å². The third-order valence-corrected chi connectivity index (χ3v) is 7.60. The second kappa shape index (κ2) is 8.91. The predicted octanol–water partition coefficient (Wildman–Crippen LogP) is 5.43. The molecule has 0 atom stereocenters. The molecular formula is C23H29N3OS2. The molecule has 1 aliphatic heterocycles. The van der Waals surface area contributed by atoms with Crippen molar-refractivity contribution in [3.05, 3.63) is 51.9 Å². The van der Waals surface area contributed by atoms with E-state index in [1.165, 1.54) is 5.56 Å². The molecule has 1 aliphatic rings. The van der Waals surface area contributed by atoms with Gasteiger partial charge >= 0.3 is 0 Å². The van der Waals surface area contributed by atoms with E-state index in [0.29, 0.717) is 17.0 Å². The Kier molecular flexibility index (Phi) is 6.72. The molecule has 0 aliphatic carbocycles. The summed E-state index contributed by atoms with van der Waals surface area (Å²) >= 11 is 3.39. The summed E-state index contributed by atoms with van der Waals surface area (Å²) in [7, 11) is 0. The van der Waals surface area contributed by atoms with Crippen LogP contribution in [0.15, 0.2) is 30.3 Å². The van der Waals surface area contributed by atoms with Crippen molar-refractivity contribution < 1.29 is 4.79 Å². The maximum atomic E-state index is 12.5. The Balaban J connectivity index is 1.57. The largest absolute Gasteiger partial charge is 0.317 e. The van der Waals surface area contributed by atoms with E-state index < -0.39 is 0 Å². The van der Waals surface area contributed by atoms with Crippen LogP contribution in [0.5, 0.6) is 0 Å². The molecular weight excluding hydrogens is 398 g/mol. The van der Waals surface area contributed by atoms with Gasteiger partial charge < -0.3 is 10.6 Å². The highest BCUT2D eigenvalue weighted by Gasteiger charge is 2.40. The zero-order valence-corrected chi connectivity index (χ0v) is 19.2. The van der Waals surface area contributed by atoms with Crippen LogP contribution in [-0.4, -0.2) is 17.2 Å². The minimum Gasteiger partial charge on any atom is -0.317 e. The fourth-order valence-electron chi connectivity index (χ4n) is 4.02. The number of nitrogens with zero attached hydrogens (tertiary/aromatic N) is 1. The number of nitriles is 1. The number of carbonyl (C=O) groups excluding carboxylic acids is 1. The van der Waals surface area contributed by atoms with Gasteiger partial charge in [0, 0.05) is 28.1 Å². The second-order valence-electron chi connectivity index (χ2n) is 8.73. The highest BCUT2D eigenvalue weighted by atomic mass is 32.2. The Morgan fingerprint density at radius 1 is 1.28 bits per heavy atom. The monoisotopic (exact) mass is 427 g/mol. The Hall–Kier alpha value is -1.81. The molecule has 154 valence electrons. The molecule has 29 heavy (non-hydrogen) atoms. The Bertz CT molecular complexity index is 910. The number of thioether (sulfide) groups is 1. The van der Waals surface area contributed by atoms with Gasteiger partial charge in [-0.1, -0.05) is 30.3 Å². The van der Waals surface area contributed by atoms with Crippen molar-refractivity contribution in [3.63, 3.8) is 0 Å². The van der Waals surface area contributed by atoms with Crippen LogP contribution < -0.4 is 10.6 Å². The molecule has 0 unspecified atom stereocenters. The first-order valence-corrected chi connectivity index (χ1v) is 12.0. The van der Waals surface area contributed by atoms with Crippen LogP contribution in [0.25, 0.3) is 0 Å². The fourth-order valence-corrected chi connectivity index (χ4v) is 6.19. The van der Waals surface area contributed by atoms with Crippen LogP contribution in [0.1, 0.15) is 62.1 Å². The third-order valence-electron chi connectivity index (χ3n) is 5.01. The first kappa shape index (κ1) is 21.9. The van der Waals surface area contributed by atoms with Crippen molar-refractivity contribution in [1.82, 2.24) is 5.32 Å². The van der Waals surface area contributed by atoms with Crippen LogP contribution in [0.3, 0.4) is 0 Å². The molecule has 6 heteroatoms. The van der Waals surface area contributed by atoms with Crippen molar-refractivity contribution in [1.29, 1.82) is 5.26 Å². The second-order valence-corrected chi connectivity index (χ2v) is 10.9. The van der Waals surface area contributed by atoms with E-state index in [1.54, 1.807) is 11.3 Å². The van der Waals surface area contributed by atoms with Gasteiger partial charge in [0.05, 0.1) is 5.56 Å². The van der Waals surface area contributed by atoms with E-state index in [4.69, 9.17) is 0 Å². The zero-order valence-electron chi connectivity index (χ0n) is 17.6. The van der Waals surface area contributed by atoms with E-state index in [-0.39, 0.29) is 17.0 Å². The number of carbonyl (C=O) groups is 1. The van der Waals surface area contributed by atoms with Crippen LogP contribution in [-0.2, 0) is 22.5 Å². The maximum Gasteiger partial charge on any atom is 0.225 e. The Morgan fingerprint density at radius 3 is 2.69 bits per heavy atom. The highest BCUT2D eigenvalue weighted by Crippen LogP contribution is 2.44. The van der Waals surface area contributed by atoms with E-state index in [0.717, 1.165) is 34.8 Å². The van der Waals surface area contributed by atoms with Gasteiger partial charge in [0.2, 0.25) is 5.91 Å². The van der Waals surface area contributed by atoms with Crippen LogP contribution >= 0.6 is 23.1 Å². The maximum absolute atomic E-state index is 12.5. The predicted molar refractivity (Wildman–Crippen MR) is 123 cm³/mol. The molecule has 1 amide bonds. The van der Waals surface area contributed by atoms with E-state index in [1.807, 2.05) is 17.8 Å². The quantitative estimate of drug-likeness (QED) is 0.578. The fraction of sp³-hybridized carbons (Fsp3) is 0.478. The zero-order chi connectivity index (χ0) is 21.1. The average molecular weight is 428 g/mol. The Labute approximate surface area is 182 Å². The lowest BCUT2D eigenvalue weighted by molar-refractivity contribution is -0.116. The van der Waals surface area contributed by atoms with Gasteiger partial charge in [-0.3, -0.25) is 4.79 Å². The molecule has 0 bridgehead atoms. The van der Waals surface area contributed by atoms with Gasteiger partial charge in [-0.15, -0.1) is 11.3 Å². The molecule has 0 radical (unpaired) electrons. The Morgan fingerprint density at radius 2 is 2.00 bits per heavy atom. The summed E-state index contributed by atoms with van der Waals surface area (Å²) in [6.45, 7) is 8.59. The van der Waals surface area contributed by atoms with Crippen LogP contribution in [0.2, 0.25) is 0 Å². The number of hydrogen-bond donors (Lipinski definition) is 2. The smallest absolute Gasteiger partial charge is 0.225 e. The van der Waals surface area contributed by atoms with Crippen molar-refractivity contribution in [3.8, 4) is 6.07 Å². The number of thiophene rings is 1. The third kappa shape index (κ3) is 5.42. The summed E-state index contributed by atoms with van der Waals surface area (Å²) in [5, 5.41) is 17.1. The number of hydrogen-bond acceptors (Lipinski definition) is 5. The summed E-state index contributed by atoms with van der Waals surface area (Å²) in [4.78, 5) is 13.6. The molecule has 0 fully saturated rings. The molecule has 0 saturated carbocycles. The summed E-state index contributed by atoms with van der Waals surface area (Å²) in [5.41, 5.74) is 2.73. The summed E-state index contributed by atoms with van der Waals surface area (Å²) < 4.78 is 0. The molecule has 2 aromatic rings. The minimum absolute atomic E-state index is 0.00886. The number of rotatable bonds is 7. The molecule has 1 aromatic heterocycles. The van der Waals surface area contributed by atoms with Gasteiger partial charge in [0.15, 0.2) is 0 Å². The number of amides is 1. The molecule has 0 saturated heterocycles. The van der Waals surface area contributed by atoms with Crippen LogP contribution in [0, 0.1) is 11.3 Å².